The third-order valence-electron chi connectivity index (χ3n) is 4.22. The average Bonchev–Trinajstić information content (AvgIpc) is 2.74. The van der Waals surface area contributed by atoms with E-state index in [4.69, 9.17) is 44.6 Å². The van der Waals surface area contributed by atoms with E-state index in [0.717, 1.165) is 11.6 Å². The minimum absolute atomic E-state index is 0.297. The van der Waals surface area contributed by atoms with Gasteiger partial charge in [0.25, 0.3) is 0 Å². The summed E-state index contributed by atoms with van der Waals surface area (Å²) in [6.07, 6.45) is 2.94. The quantitative estimate of drug-likeness (QED) is 0.243. The molecule has 1 heterocycles. The number of pyridine rings is 1. The van der Waals surface area contributed by atoms with Crippen molar-refractivity contribution in [2.24, 2.45) is 0 Å². The number of carbonyl (C=O) groups is 1. The van der Waals surface area contributed by atoms with Gasteiger partial charge in [-0.15, -0.1) is 11.8 Å². The number of carboxylic acid groups (broad SMARTS) is 1. The van der Waals surface area contributed by atoms with Crippen LogP contribution < -0.4 is 4.74 Å². The maximum Gasteiger partial charge on any atom is 0.328 e. The second-order valence-electron chi connectivity index (χ2n) is 6.57. The Bertz CT molecular complexity index is 1120. The molecule has 4 nitrogen and oxygen atoms in total. The number of halogens is 4. The van der Waals surface area contributed by atoms with Gasteiger partial charge in [0.1, 0.15) is 17.3 Å². The van der Waals surface area contributed by atoms with E-state index in [-0.39, 0.29) is 5.82 Å². The molecule has 0 saturated carbocycles. The van der Waals surface area contributed by atoms with Crippen LogP contribution in [0.1, 0.15) is 17.0 Å². The van der Waals surface area contributed by atoms with Gasteiger partial charge in [0.15, 0.2) is 0 Å². The smallest absolute Gasteiger partial charge is 0.328 e. The van der Waals surface area contributed by atoms with Crippen molar-refractivity contribution in [2.75, 3.05) is 6.61 Å². The van der Waals surface area contributed by atoms with Crippen molar-refractivity contribution in [1.82, 2.24) is 4.98 Å². The summed E-state index contributed by atoms with van der Waals surface area (Å²) < 4.78 is 18.8. The molecule has 0 saturated heterocycles. The molecule has 3 rings (SSSR count). The van der Waals surface area contributed by atoms with Crippen molar-refractivity contribution in [2.45, 2.75) is 17.1 Å². The van der Waals surface area contributed by atoms with Crippen LogP contribution in [0.2, 0.25) is 15.1 Å². The minimum atomic E-state index is -1.09. The van der Waals surface area contributed by atoms with Crippen molar-refractivity contribution in [3.05, 3.63) is 92.4 Å². The third-order valence-corrected chi connectivity index (χ3v) is 6.42. The Morgan fingerprint density at radius 2 is 1.78 bits per heavy atom. The van der Waals surface area contributed by atoms with E-state index in [1.165, 1.54) is 30.0 Å². The average molecular weight is 513 g/mol. The van der Waals surface area contributed by atoms with Gasteiger partial charge in [-0.3, -0.25) is 0 Å². The Balaban J connectivity index is 1.72. The number of rotatable bonds is 9. The lowest BCUT2D eigenvalue weighted by atomic mass is 10.1. The van der Waals surface area contributed by atoms with Crippen LogP contribution in [0.3, 0.4) is 0 Å². The molecular weight excluding hydrogens is 496 g/mol. The van der Waals surface area contributed by atoms with Gasteiger partial charge in [-0.25, -0.2) is 14.2 Å². The zero-order chi connectivity index (χ0) is 23.1. The molecule has 32 heavy (non-hydrogen) atoms. The van der Waals surface area contributed by atoms with E-state index >= 15 is 0 Å². The number of hydrogen-bond donors (Lipinski definition) is 1. The van der Waals surface area contributed by atoms with Gasteiger partial charge >= 0.3 is 5.97 Å². The van der Waals surface area contributed by atoms with Crippen molar-refractivity contribution < 1.29 is 19.0 Å². The predicted molar refractivity (Wildman–Crippen MR) is 128 cm³/mol. The number of aromatic nitrogens is 1. The highest BCUT2D eigenvalue weighted by molar-refractivity contribution is 7.98. The molecule has 0 aliphatic heterocycles. The molecule has 0 atom stereocenters. The molecule has 0 fully saturated rings. The Labute approximate surface area is 204 Å². The van der Waals surface area contributed by atoms with Crippen LogP contribution >= 0.6 is 46.6 Å². The van der Waals surface area contributed by atoms with Gasteiger partial charge in [-0.2, -0.15) is 0 Å². The summed E-state index contributed by atoms with van der Waals surface area (Å²) >= 11 is 19.8. The van der Waals surface area contributed by atoms with E-state index < -0.39 is 5.97 Å². The highest BCUT2D eigenvalue weighted by atomic mass is 35.5. The highest BCUT2D eigenvalue weighted by Gasteiger charge is 2.11. The fourth-order valence-corrected chi connectivity index (χ4v) is 4.71. The molecule has 0 bridgehead atoms. The summed E-state index contributed by atoms with van der Waals surface area (Å²) in [5.74, 6) is -0.496. The van der Waals surface area contributed by atoms with Gasteiger partial charge in [0.05, 0.1) is 22.3 Å². The normalized spacial score (nSPS) is 11.1. The maximum atomic E-state index is 13.0. The van der Waals surface area contributed by atoms with Crippen molar-refractivity contribution in [1.29, 1.82) is 0 Å². The SMILES string of the molecule is O=C(O)/C=C/c1nc(CSc2c(Cl)cc(Cl)cc2Cl)ccc1OCCc1ccc(F)cc1. The maximum absolute atomic E-state index is 13.0. The zero-order valence-electron chi connectivity index (χ0n) is 16.5. The van der Waals surface area contributed by atoms with Crippen LogP contribution in [-0.4, -0.2) is 22.7 Å². The first kappa shape index (κ1) is 24.4. The Morgan fingerprint density at radius 3 is 2.44 bits per heavy atom. The van der Waals surface area contributed by atoms with Crippen LogP contribution in [0.15, 0.2) is 59.5 Å². The topological polar surface area (TPSA) is 59.4 Å². The second-order valence-corrected chi connectivity index (χ2v) is 8.81. The molecule has 0 aliphatic carbocycles. The molecule has 0 aliphatic rings. The number of nitrogens with zero attached hydrogens (tertiary/aromatic N) is 1. The number of carboxylic acids is 1. The zero-order valence-corrected chi connectivity index (χ0v) is 19.6. The van der Waals surface area contributed by atoms with Gasteiger partial charge < -0.3 is 9.84 Å². The van der Waals surface area contributed by atoms with Crippen molar-refractivity contribution in [3.8, 4) is 5.75 Å². The lowest BCUT2D eigenvalue weighted by Crippen LogP contribution is -2.04. The highest BCUT2D eigenvalue weighted by Crippen LogP contribution is 2.38. The number of ether oxygens (including phenoxy) is 1. The van der Waals surface area contributed by atoms with Crippen LogP contribution in [0, 0.1) is 5.82 Å². The van der Waals surface area contributed by atoms with E-state index in [1.807, 2.05) is 0 Å². The first-order chi connectivity index (χ1) is 15.3. The lowest BCUT2D eigenvalue weighted by Gasteiger charge is -2.11. The summed E-state index contributed by atoms with van der Waals surface area (Å²) in [5.41, 5.74) is 2.00. The van der Waals surface area contributed by atoms with Gasteiger partial charge in [0, 0.05) is 28.2 Å². The number of thioether (sulfide) groups is 1. The van der Waals surface area contributed by atoms with Crippen LogP contribution in [0.5, 0.6) is 5.75 Å². The van der Waals surface area contributed by atoms with Crippen LogP contribution in [-0.2, 0) is 17.0 Å². The number of aliphatic carboxylic acids is 1. The first-order valence-electron chi connectivity index (χ1n) is 9.37. The van der Waals surface area contributed by atoms with Gasteiger partial charge in [0.2, 0.25) is 0 Å². The molecule has 3 aromatic rings. The van der Waals surface area contributed by atoms with Crippen molar-refractivity contribution in [3.63, 3.8) is 0 Å². The molecule has 0 amide bonds. The Hall–Kier alpha value is -2.25. The molecule has 0 spiro atoms. The first-order valence-corrected chi connectivity index (χ1v) is 11.5. The monoisotopic (exact) mass is 511 g/mol. The molecule has 166 valence electrons. The molecule has 0 unspecified atom stereocenters. The summed E-state index contributed by atoms with van der Waals surface area (Å²) in [7, 11) is 0. The number of hydrogen-bond acceptors (Lipinski definition) is 4. The van der Waals surface area contributed by atoms with E-state index in [0.29, 0.717) is 55.9 Å². The predicted octanol–water partition coefficient (Wildman–Crippen LogP) is 7.19. The fourth-order valence-electron chi connectivity index (χ4n) is 2.72. The Kier molecular flexibility index (Phi) is 8.82. The standard InChI is InChI=1S/C23H17Cl3FNO3S/c24-15-11-18(25)23(19(26)12-15)32-13-17-5-7-21(20(28-17)6-8-22(29)30)31-10-9-14-1-3-16(27)4-2-14/h1-8,11-12H,9-10,13H2,(H,29,30)/b8-6+. The van der Waals surface area contributed by atoms with Crippen LogP contribution in [0.4, 0.5) is 4.39 Å². The summed E-state index contributed by atoms with van der Waals surface area (Å²) in [6, 6.07) is 12.9. The Morgan fingerprint density at radius 1 is 1.09 bits per heavy atom. The molecule has 1 aromatic heterocycles. The molecule has 2 aromatic carbocycles. The van der Waals surface area contributed by atoms with Crippen LogP contribution in [0.25, 0.3) is 6.08 Å². The molecule has 9 heteroatoms. The molecular formula is C23H17Cl3FNO3S. The fraction of sp³-hybridized carbons (Fsp3) is 0.130. The van der Waals surface area contributed by atoms with E-state index in [1.54, 1.807) is 36.4 Å². The molecule has 1 N–H and O–H groups in total. The van der Waals surface area contributed by atoms with Gasteiger partial charge in [-0.05, 0) is 48.0 Å². The summed E-state index contributed by atoms with van der Waals surface area (Å²) in [4.78, 5) is 16.2. The third kappa shape index (κ3) is 7.14. The lowest BCUT2D eigenvalue weighted by molar-refractivity contribution is -0.131. The largest absolute Gasteiger partial charge is 0.491 e. The number of benzene rings is 2. The molecule has 0 radical (unpaired) electrons. The van der Waals surface area contributed by atoms with Crippen molar-refractivity contribution >= 4 is 58.6 Å². The summed E-state index contributed by atoms with van der Waals surface area (Å²) in [6.45, 7) is 0.325. The second kappa shape index (κ2) is 11.6. The van der Waals surface area contributed by atoms with Gasteiger partial charge in [-0.1, -0.05) is 46.9 Å². The summed E-state index contributed by atoms with van der Waals surface area (Å²) in [5, 5.41) is 10.3. The van der Waals surface area contributed by atoms with E-state index in [9.17, 15) is 9.18 Å². The van der Waals surface area contributed by atoms with E-state index in [2.05, 4.69) is 4.98 Å². The minimum Gasteiger partial charge on any atom is -0.491 e.